The molecule has 2 N–H and O–H groups in total. The van der Waals surface area contributed by atoms with Crippen LogP contribution in [-0.2, 0) is 0 Å². The molecular formula is C29H29ClN2O4. The molecule has 0 radical (unpaired) electrons. The Labute approximate surface area is 216 Å². The standard InChI is InChI=1S/C29H28N2O4.ClH/c1-19(25-11-7-9-20-8-3-4-10-26(20)25)30-17-24-18-31(27-12-5-6-13-28(27)35-24)22-14-21(29(32)33)15-23(16-22)34-2;/h3-16,19,24,30H,17-18H2,1-2H3,(H,32,33);1H/t19-,24?;/m1./s1. The molecule has 0 aliphatic carbocycles. The first-order valence-electron chi connectivity index (χ1n) is 11.7. The minimum absolute atomic E-state index is 0. The first kappa shape index (κ1) is 25.4. The zero-order valence-electron chi connectivity index (χ0n) is 20.2. The molecule has 0 saturated heterocycles. The number of para-hydroxylation sites is 2. The number of benzene rings is 4. The highest BCUT2D eigenvalue weighted by Gasteiger charge is 2.28. The lowest BCUT2D eigenvalue weighted by Gasteiger charge is -2.37. The molecule has 5 rings (SSSR count). The number of hydrogen-bond donors (Lipinski definition) is 2. The fourth-order valence-corrected chi connectivity index (χ4v) is 4.68. The van der Waals surface area contributed by atoms with Crippen LogP contribution in [0, 0.1) is 0 Å². The first-order chi connectivity index (χ1) is 17.0. The molecule has 0 fully saturated rings. The third kappa shape index (κ3) is 5.10. The summed E-state index contributed by atoms with van der Waals surface area (Å²) in [4.78, 5) is 13.8. The normalized spacial score (nSPS) is 15.4. The van der Waals surface area contributed by atoms with E-state index in [1.807, 2.05) is 30.3 Å². The summed E-state index contributed by atoms with van der Waals surface area (Å²) in [7, 11) is 1.54. The number of carboxylic acid groups (broad SMARTS) is 1. The minimum Gasteiger partial charge on any atom is -0.497 e. The van der Waals surface area contributed by atoms with E-state index < -0.39 is 5.97 Å². The number of halogens is 1. The Bertz CT molecular complexity index is 1370. The summed E-state index contributed by atoms with van der Waals surface area (Å²) >= 11 is 0. The van der Waals surface area contributed by atoms with Crippen molar-refractivity contribution in [3.63, 3.8) is 0 Å². The van der Waals surface area contributed by atoms with Crippen molar-refractivity contribution >= 4 is 40.5 Å². The number of rotatable bonds is 7. The number of nitrogens with zero attached hydrogens (tertiary/aromatic N) is 1. The van der Waals surface area contributed by atoms with Gasteiger partial charge in [0.2, 0.25) is 0 Å². The fourth-order valence-electron chi connectivity index (χ4n) is 4.68. The second-order valence-corrected chi connectivity index (χ2v) is 8.74. The zero-order valence-corrected chi connectivity index (χ0v) is 21.0. The Morgan fingerprint density at radius 3 is 2.64 bits per heavy atom. The Balaban J connectivity index is 0.00000304. The van der Waals surface area contributed by atoms with Gasteiger partial charge in [0, 0.05) is 24.3 Å². The van der Waals surface area contributed by atoms with Crippen LogP contribution in [0.25, 0.3) is 10.8 Å². The highest BCUT2D eigenvalue weighted by Crippen LogP contribution is 2.39. The average molecular weight is 505 g/mol. The predicted octanol–water partition coefficient (Wildman–Crippen LogP) is 6.22. The van der Waals surface area contributed by atoms with Gasteiger partial charge in [0.25, 0.3) is 0 Å². The molecule has 0 amide bonds. The van der Waals surface area contributed by atoms with Crippen molar-refractivity contribution in [2.45, 2.75) is 19.1 Å². The van der Waals surface area contributed by atoms with Gasteiger partial charge in [-0.25, -0.2) is 4.79 Å². The second kappa shape index (κ2) is 10.9. The van der Waals surface area contributed by atoms with Crippen molar-refractivity contribution in [2.75, 3.05) is 25.1 Å². The quantitative estimate of drug-likeness (QED) is 0.311. The third-order valence-electron chi connectivity index (χ3n) is 6.46. The molecule has 1 unspecified atom stereocenters. The Morgan fingerprint density at radius 2 is 1.83 bits per heavy atom. The predicted molar refractivity (Wildman–Crippen MR) is 145 cm³/mol. The molecular weight excluding hydrogens is 476 g/mol. The van der Waals surface area contributed by atoms with E-state index >= 15 is 0 Å². The number of methoxy groups -OCH3 is 1. The van der Waals surface area contributed by atoms with Crippen molar-refractivity contribution in [1.29, 1.82) is 0 Å². The van der Waals surface area contributed by atoms with Crippen LogP contribution >= 0.6 is 12.4 Å². The third-order valence-corrected chi connectivity index (χ3v) is 6.46. The lowest BCUT2D eigenvalue weighted by Crippen LogP contribution is -2.44. The summed E-state index contributed by atoms with van der Waals surface area (Å²) in [5.74, 6) is 0.278. The smallest absolute Gasteiger partial charge is 0.335 e. The van der Waals surface area contributed by atoms with Gasteiger partial charge in [-0.1, -0.05) is 54.6 Å². The SMILES string of the molecule is COc1cc(C(=O)O)cc(N2CC(CN[C@H](C)c3cccc4ccccc34)Oc3ccccc32)c1.Cl. The lowest BCUT2D eigenvalue weighted by molar-refractivity contribution is 0.0696. The van der Waals surface area contributed by atoms with Gasteiger partial charge in [0.1, 0.15) is 17.6 Å². The van der Waals surface area contributed by atoms with Gasteiger partial charge in [-0.15, -0.1) is 12.4 Å². The first-order valence-corrected chi connectivity index (χ1v) is 11.7. The van der Waals surface area contributed by atoms with Gasteiger partial charge in [-0.2, -0.15) is 0 Å². The van der Waals surface area contributed by atoms with Crippen LogP contribution in [0.15, 0.2) is 84.9 Å². The summed E-state index contributed by atoms with van der Waals surface area (Å²) in [6, 6.07) is 27.8. The van der Waals surface area contributed by atoms with Crippen molar-refractivity contribution in [1.82, 2.24) is 5.32 Å². The van der Waals surface area contributed by atoms with Crippen molar-refractivity contribution < 1.29 is 19.4 Å². The molecule has 186 valence electrons. The average Bonchev–Trinajstić information content (AvgIpc) is 2.90. The highest BCUT2D eigenvalue weighted by atomic mass is 35.5. The number of hydrogen-bond acceptors (Lipinski definition) is 5. The molecule has 0 spiro atoms. The second-order valence-electron chi connectivity index (χ2n) is 8.74. The van der Waals surface area contributed by atoms with Gasteiger partial charge in [0.15, 0.2) is 0 Å². The van der Waals surface area contributed by atoms with Crippen LogP contribution in [0.5, 0.6) is 11.5 Å². The lowest BCUT2D eigenvalue weighted by atomic mass is 9.99. The van der Waals surface area contributed by atoms with Crippen molar-refractivity contribution in [3.05, 3.63) is 96.1 Å². The number of nitrogens with one attached hydrogen (secondary N) is 1. The van der Waals surface area contributed by atoms with Crippen molar-refractivity contribution in [3.8, 4) is 11.5 Å². The summed E-state index contributed by atoms with van der Waals surface area (Å²) < 4.78 is 11.7. The number of aromatic carboxylic acids is 1. The van der Waals surface area contributed by atoms with Crippen LogP contribution in [0.1, 0.15) is 28.9 Å². The molecule has 1 aliphatic heterocycles. The topological polar surface area (TPSA) is 71.0 Å². The van der Waals surface area contributed by atoms with E-state index in [1.54, 1.807) is 13.2 Å². The van der Waals surface area contributed by atoms with Gasteiger partial charge >= 0.3 is 5.97 Å². The molecule has 4 aromatic carbocycles. The Kier molecular flexibility index (Phi) is 7.67. The van der Waals surface area contributed by atoms with E-state index in [0.29, 0.717) is 18.8 Å². The summed E-state index contributed by atoms with van der Waals surface area (Å²) in [5.41, 5.74) is 3.08. The zero-order chi connectivity index (χ0) is 24.4. The van der Waals surface area contributed by atoms with Crippen molar-refractivity contribution in [2.24, 2.45) is 0 Å². The van der Waals surface area contributed by atoms with Crippen LogP contribution in [0.4, 0.5) is 11.4 Å². The van der Waals surface area contributed by atoms with Gasteiger partial charge in [-0.3, -0.25) is 0 Å². The van der Waals surface area contributed by atoms with E-state index in [0.717, 1.165) is 17.1 Å². The molecule has 2 atom stereocenters. The minimum atomic E-state index is -0.992. The maximum absolute atomic E-state index is 11.7. The maximum atomic E-state index is 11.7. The molecule has 0 saturated carbocycles. The maximum Gasteiger partial charge on any atom is 0.335 e. The fraction of sp³-hybridized carbons (Fsp3) is 0.207. The van der Waals surface area contributed by atoms with E-state index in [1.165, 1.54) is 22.4 Å². The molecule has 6 nitrogen and oxygen atoms in total. The highest BCUT2D eigenvalue weighted by molar-refractivity contribution is 5.90. The van der Waals surface area contributed by atoms with Crippen LogP contribution < -0.4 is 19.7 Å². The van der Waals surface area contributed by atoms with Gasteiger partial charge < -0.3 is 24.8 Å². The monoisotopic (exact) mass is 504 g/mol. The van der Waals surface area contributed by atoms with E-state index in [-0.39, 0.29) is 30.1 Å². The number of anilines is 2. The largest absolute Gasteiger partial charge is 0.497 e. The molecule has 0 bridgehead atoms. The van der Waals surface area contributed by atoms with Crippen LogP contribution in [0.2, 0.25) is 0 Å². The van der Waals surface area contributed by atoms with Gasteiger partial charge in [-0.05, 0) is 47.5 Å². The molecule has 4 aromatic rings. The van der Waals surface area contributed by atoms with Gasteiger partial charge in [0.05, 0.1) is 24.9 Å². The molecule has 36 heavy (non-hydrogen) atoms. The van der Waals surface area contributed by atoms with E-state index in [9.17, 15) is 9.90 Å². The summed E-state index contributed by atoms with van der Waals surface area (Å²) in [6.45, 7) is 3.36. The van der Waals surface area contributed by atoms with Crippen LogP contribution in [0.3, 0.4) is 0 Å². The summed E-state index contributed by atoms with van der Waals surface area (Å²) in [5, 5.41) is 15.7. The number of fused-ring (bicyclic) bond motifs is 2. The molecule has 1 heterocycles. The molecule has 1 aliphatic rings. The van der Waals surface area contributed by atoms with E-state index in [2.05, 4.69) is 59.6 Å². The van der Waals surface area contributed by atoms with E-state index in [4.69, 9.17) is 9.47 Å². The number of carboxylic acids is 1. The summed E-state index contributed by atoms with van der Waals surface area (Å²) in [6.07, 6.45) is -0.137. The Hall–Kier alpha value is -3.74. The number of ether oxygens (including phenoxy) is 2. The molecule has 0 aromatic heterocycles. The Morgan fingerprint density at radius 1 is 1.08 bits per heavy atom. The number of carbonyl (C=O) groups is 1. The molecule has 7 heteroatoms. The van der Waals surface area contributed by atoms with Crippen LogP contribution in [-0.4, -0.2) is 37.4 Å².